The Morgan fingerprint density at radius 2 is 2.04 bits per heavy atom. The fraction of sp³-hybridized carbons (Fsp3) is 0.579. The molecule has 5 heteroatoms. The highest BCUT2D eigenvalue weighted by Gasteiger charge is 2.17. The molecular formula is C19H28N2O3. The van der Waals surface area contributed by atoms with Gasteiger partial charge in [-0.3, -0.25) is 9.59 Å². The summed E-state index contributed by atoms with van der Waals surface area (Å²) in [6.45, 7) is 0.554. The van der Waals surface area contributed by atoms with E-state index in [4.69, 9.17) is 4.74 Å². The summed E-state index contributed by atoms with van der Waals surface area (Å²) >= 11 is 0. The van der Waals surface area contributed by atoms with Crippen LogP contribution < -0.4 is 10.1 Å². The van der Waals surface area contributed by atoms with Crippen LogP contribution in [0.15, 0.2) is 24.3 Å². The Balaban J connectivity index is 1.69. The lowest BCUT2D eigenvalue weighted by molar-refractivity contribution is -0.132. The van der Waals surface area contributed by atoms with E-state index in [9.17, 15) is 9.59 Å². The number of methoxy groups -OCH3 is 1. The van der Waals surface area contributed by atoms with Crippen molar-refractivity contribution in [3.63, 3.8) is 0 Å². The van der Waals surface area contributed by atoms with E-state index in [0.717, 1.165) is 17.7 Å². The summed E-state index contributed by atoms with van der Waals surface area (Å²) in [4.78, 5) is 25.6. The van der Waals surface area contributed by atoms with Crippen molar-refractivity contribution >= 4 is 11.8 Å². The molecule has 0 unspecified atom stereocenters. The number of nitrogens with one attached hydrogen (secondary N) is 1. The predicted molar refractivity (Wildman–Crippen MR) is 93.7 cm³/mol. The third-order valence-corrected chi connectivity index (χ3v) is 4.67. The van der Waals surface area contributed by atoms with Gasteiger partial charge in [-0.1, -0.05) is 37.8 Å². The molecule has 1 N–H and O–H groups in total. The third-order valence-electron chi connectivity index (χ3n) is 4.67. The Kier molecular flexibility index (Phi) is 7.09. The van der Waals surface area contributed by atoms with E-state index in [2.05, 4.69) is 5.32 Å². The molecule has 24 heavy (non-hydrogen) atoms. The van der Waals surface area contributed by atoms with Gasteiger partial charge < -0.3 is 15.0 Å². The smallest absolute Gasteiger partial charge is 0.242 e. The number of carbonyl (C=O) groups is 2. The first-order valence-corrected chi connectivity index (χ1v) is 8.72. The molecule has 1 aliphatic rings. The van der Waals surface area contributed by atoms with Crippen LogP contribution in [0, 0.1) is 5.92 Å². The lowest BCUT2D eigenvalue weighted by atomic mass is 10.0. The van der Waals surface area contributed by atoms with Gasteiger partial charge in [-0.05, 0) is 30.0 Å². The van der Waals surface area contributed by atoms with Crippen molar-refractivity contribution < 1.29 is 14.3 Å². The van der Waals surface area contributed by atoms with Crippen LogP contribution in [0.3, 0.4) is 0 Å². The van der Waals surface area contributed by atoms with Crippen LogP contribution in [-0.4, -0.2) is 37.4 Å². The average molecular weight is 332 g/mol. The summed E-state index contributed by atoms with van der Waals surface area (Å²) in [6, 6.07) is 7.63. The van der Waals surface area contributed by atoms with Crippen LogP contribution in [-0.2, 0) is 16.1 Å². The Morgan fingerprint density at radius 1 is 1.29 bits per heavy atom. The highest BCUT2D eigenvalue weighted by molar-refractivity contribution is 5.84. The second-order valence-electron chi connectivity index (χ2n) is 6.57. The van der Waals surface area contributed by atoms with E-state index in [1.165, 1.54) is 25.7 Å². The minimum Gasteiger partial charge on any atom is -0.497 e. The molecule has 1 fully saturated rings. The highest BCUT2D eigenvalue weighted by Crippen LogP contribution is 2.28. The number of carbonyl (C=O) groups excluding carboxylic acids is 2. The van der Waals surface area contributed by atoms with Crippen LogP contribution in [0.2, 0.25) is 0 Å². The summed E-state index contributed by atoms with van der Waals surface area (Å²) in [5.74, 6) is 1.35. The SMILES string of the molecule is COc1cccc(CN(C)C(=O)CNC(=O)CCC2CCCC2)c1. The molecule has 2 rings (SSSR count). The van der Waals surface area contributed by atoms with Gasteiger partial charge in [0.05, 0.1) is 13.7 Å². The number of rotatable bonds is 8. The fourth-order valence-corrected chi connectivity index (χ4v) is 3.16. The van der Waals surface area contributed by atoms with Crippen LogP contribution in [0.25, 0.3) is 0 Å². The molecule has 5 nitrogen and oxygen atoms in total. The van der Waals surface area contributed by atoms with E-state index >= 15 is 0 Å². The van der Waals surface area contributed by atoms with Gasteiger partial charge in [0, 0.05) is 20.0 Å². The molecule has 1 aromatic carbocycles. The second-order valence-corrected chi connectivity index (χ2v) is 6.57. The molecule has 0 spiro atoms. The predicted octanol–water partition coefficient (Wildman–Crippen LogP) is 2.74. The van der Waals surface area contributed by atoms with Crippen LogP contribution in [0.4, 0.5) is 0 Å². The number of amides is 2. The minimum absolute atomic E-state index is 0.0231. The zero-order valence-corrected chi connectivity index (χ0v) is 14.7. The van der Waals surface area contributed by atoms with Crippen LogP contribution in [0.5, 0.6) is 5.75 Å². The van der Waals surface area contributed by atoms with Gasteiger partial charge in [-0.25, -0.2) is 0 Å². The van der Waals surface area contributed by atoms with Crippen molar-refractivity contribution in [1.82, 2.24) is 10.2 Å². The molecule has 1 aliphatic carbocycles. The molecule has 0 heterocycles. The Morgan fingerprint density at radius 3 is 2.75 bits per heavy atom. The molecule has 0 aromatic heterocycles. The van der Waals surface area contributed by atoms with Gasteiger partial charge in [0.1, 0.15) is 5.75 Å². The van der Waals surface area contributed by atoms with Crippen molar-refractivity contribution in [2.24, 2.45) is 5.92 Å². The normalized spacial score (nSPS) is 14.4. The van der Waals surface area contributed by atoms with Gasteiger partial charge in [0.2, 0.25) is 11.8 Å². The quantitative estimate of drug-likeness (QED) is 0.796. The maximum atomic E-state index is 12.1. The number of hydrogen-bond acceptors (Lipinski definition) is 3. The summed E-state index contributed by atoms with van der Waals surface area (Å²) < 4.78 is 5.18. The first-order chi connectivity index (χ1) is 11.6. The van der Waals surface area contributed by atoms with Gasteiger partial charge >= 0.3 is 0 Å². The van der Waals surface area contributed by atoms with Crippen molar-refractivity contribution in [3.8, 4) is 5.75 Å². The number of likely N-dealkylation sites (N-methyl/N-ethyl adjacent to an activating group) is 1. The maximum Gasteiger partial charge on any atom is 0.242 e. The van der Waals surface area contributed by atoms with E-state index < -0.39 is 0 Å². The lowest BCUT2D eigenvalue weighted by Crippen LogP contribution is -2.37. The van der Waals surface area contributed by atoms with Gasteiger partial charge in [-0.2, -0.15) is 0 Å². The first kappa shape index (κ1) is 18.3. The fourth-order valence-electron chi connectivity index (χ4n) is 3.16. The highest BCUT2D eigenvalue weighted by atomic mass is 16.5. The molecule has 1 aromatic rings. The van der Waals surface area contributed by atoms with Crippen LogP contribution in [0.1, 0.15) is 44.1 Å². The minimum atomic E-state index is -0.0907. The summed E-state index contributed by atoms with van der Waals surface area (Å²) in [6.07, 6.45) is 6.54. The standard InChI is InChI=1S/C19H28N2O3/c1-21(14-16-8-5-9-17(12-16)24-2)19(23)13-20-18(22)11-10-15-6-3-4-7-15/h5,8-9,12,15H,3-4,6-7,10-11,13-14H2,1-2H3,(H,20,22). The van der Waals surface area contributed by atoms with E-state index in [1.807, 2.05) is 24.3 Å². The topological polar surface area (TPSA) is 58.6 Å². The zero-order chi connectivity index (χ0) is 17.4. The Bertz CT molecular complexity index is 553. The summed E-state index contributed by atoms with van der Waals surface area (Å²) in [5.41, 5.74) is 0.998. The molecule has 0 aliphatic heterocycles. The van der Waals surface area contributed by atoms with Gasteiger partial charge in [-0.15, -0.1) is 0 Å². The zero-order valence-electron chi connectivity index (χ0n) is 14.7. The molecule has 132 valence electrons. The number of nitrogens with zero attached hydrogens (tertiary/aromatic N) is 1. The number of benzene rings is 1. The molecule has 0 bridgehead atoms. The van der Waals surface area contributed by atoms with Crippen molar-refractivity contribution in [2.75, 3.05) is 20.7 Å². The molecule has 2 amide bonds. The largest absolute Gasteiger partial charge is 0.497 e. The Hall–Kier alpha value is -2.04. The molecule has 0 atom stereocenters. The third kappa shape index (κ3) is 5.87. The van der Waals surface area contributed by atoms with E-state index in [1.54, 1.807) is 19.1 Å². The van der Waals surface area contributed by atoms with Crippen LogP contribution >= 0.6 is 0 Å². The molecular weight excluding hydrogens is 304 g/mol. The molecule has 0 saturated heterocycles. The average Bonchev–Trinajstić information content (AvgIpc) is 3.11. The molecule has 0 radical (unpaired) electrons. The maximum absolute atomic E-state index is 12.1. The molecule has 1 saturated carbocycles. The summed E-state index contributed by atoms with van der Waals surface area (Å²) in [5, 5.41) is 2.74. The van der Waals surface area contributed by atoms with E-state index in [-0.39, 0.29) is 18.4 Å². The van der Waals surface area contributed by atoms with Gasteiger partial charge in [0.15, 0.2) is 0 Å². The van der Waals surface area contributed by atoms with Crippen molar-refractivity contribution in [3.05, 3.63) is 29.8 Å². The first-order valence-electron chi connectivity index (χ1n) is 8.72. The number of hydrogen-bond donors (Lipinski definition) is 1. The number of ether oxygens (including phenoxy) is 1. The van der Waals surface area contributed by atoms with Crippen molar-refractivity contribution in [1.29, 1.82) is 0 Å². The monoisotopic (exact) mass is 332 g/mol. The lowest BCUT2D eigenvalue weighted by Gasteiger charge is -2.18. The van der Waals surface area contributed by atoms with Gasteiger partial charge in [0.25, 0.3) is 0 Å². The second kappa shape index (κ2) is 9.30. The van der Waals surface area contributed by atoms with Crippen molar-refractivity contribution in [2.45, 2.75) is 45.1 Å². The van der Waals surface area contributed by atoms with E-state index in [0.29, 0.717) is 18.9 Å². The summed E-state index contributed by atoms with van der Waals surface area (Å²) in [7, 11) is 3.36. The Labute approximate surface area is 144 Å².